The molecule has 0 saturated heterocycles. The molecule has 0 aliphatic heterocycles. The van der Waals surface area contributed by atoms with E-state index in [1.54, 1.807) is 22.9 Å². The van der Waals surface area contributed by atoms with Crippen molar-refractivity contribution in [2.75, 3.05) is 0 Å². The summed E-state index contributed by atoms with van der Waals surface area (Å²) < 4.78 is 6.99. The summed E-state index contributed by atoms with van der Waals surface area (Å²) in [4.78, 5) is 22.9. The monoisotopic (exact) mass is 267 g/mol. The average Bonchev–Trinajstić information content (AvgIpc) is 2.86. The molecule has 2 aromatic rings. The highest BCUT2D eigenvalue weighted by atomic mass is 32.1. The number of furan rings is 1. The quantitative estimate of drug-likeness (QED) is 0.488. The normalized spacial score (nSPS) is 10.6. The molecule has 6 nitrogen and oxygen atoms in total. The molecular weight excluding hydrogens is 254 g/mol. The zero-order valence-corrected chi connectivity index (χ0v) is 10.8. The molecule has 3 N–H and O–H groups in total. The molecule has 18 heavy (non-hydrogen) atoms. The third-order valence-corrected chi connectivity index (χ3v) is 3.48. The van der Waals surface area contributed by atoms with Crippen molar-refractivity contribution in [1.82, 2.24) is 9.99 Å². The fourth-order valence-electron chi connectivity index (χ4n) is 1.67. The molecule has 0 aliphatic carbocycles. The molecule has 0 aromatic carbocycles. The maximum Gasteiger partial charge on any atom is 0.307 e. The average molecular weight is 267 g/mol. The van der Waals surface area contributed by atoms with Gasteiger partial charge in [0.25, 0.3) is 0 Å². The number of aryl methyl sites for hydroxylation is 2. The van der Waals surface area contributed by atoms with E-state index in [0.29, 0.717) is 17.9 Å². The number of rotatable bonds is 3. The summed E-state index contributed by atoms with van der Waals surface area (Å²) in [5, 5.41) is 1.78. The van der Waals surface area contributed by atoms with Gasteiger partial charge in [0.1, 0.15) is 5.76 Å². The van der Waals surface area contributed by atoms with Crippen LogP contribution in [0.3, 0.4) is 0 Å². The second-order valence-electron chi connectivity index (χ2n) is 3.93. The van der Waals surface area contributed by atoms with Gasteiger partial charge in [0.2, 0.25) is 0 Å². The number of hydrazine groups is 1. The standard InChI is InChI=1S/C11H13N3O3S/c1-6-3-8(17-9(6)10(15)13-12)4-14-7(2)5-18-11(14)16/h3,5H,4,12H2,1-2H3,(H,13,15). The SMILES string of the molecule is Cc1cc(Cn2c(C)csc2=O)oc1C(=O)NN. The van der Waals surface area contributed by atoms with Gasteiger partial charge in [0, 0.05) is 16.6 Å². The maximum atomic E-state index is 11.6. The van der Waals surface area contributed by atoms with Crippen LogP contribution in [0.15, 0.2) is 20.7 Å². The molecular formula is C11H13N3O3S. The third-order valence-electron chi connectivity index (χ3n) is 2.60. The summed E-state index contributed by atoms with van der Waals surface area (Å²) in [6.45, 7) is 3.91. The Hall–Kier alpha value is -1.86. The molecule has 7 heteroatoms. The number of nitrogens with zero attached hydrogens (tertiary/aromatic N) is 1. The molecule has 0 unspecified atom stereocenters. The van der Waals surface area contributed by atoms with Crippen LogP contribution in [0.1, 0.15) is 27.6 Å². The molecule has 2 rings (SSSR count). The Bertz CT molecular complexity index is 638. The van der Waals surface area contributed by atoms with Gasteiger partial charge in [-0.2, -0.15) is 0 Å². The molecule has 0 fully saturated rings. The van der Waals surface area contributed by atoms with Gasteiger partial charge < -0.3 is 4.42 Å². The van der Waals surface area contributed by atoms with E-state index in [1.807, 2.05) is 12.3 Å². The van der Waals surface area contributed by atoms with Crippen molar-refractivity contribution in [2.24, 2.45) is 5.84 Å². The number of thiazole rings is 1. The lowest BCUT2D eigenvalue weighted by atomic mass is 10.2. The lowest BCUT2D eigenvalue weighted by Crippen LogP contribution is -2.30. The van der Waals surface area contributed by atoms with Crippen LogP contribution in [0.5, 0.6) is 0 Å². The number of nitrogens with one attached hydrogen (secondary N) is 1. The smallest absolute Gasteiger partial charge is 0.307 e. The van der Waals surface area contributed by atoms with Crippen molar-refractivity contribution in [3.05, 3.63) is 43.9 Å². The zero-order chi connectivity index (χ0) is 13.3. The summed E-state index contributed by atoms with van der Waals surface area (Å²) in [6.07, 6.45) is 0. The summed E-state index contributed by atoms with van der Waals surface area (Å²) in [5.74, 6) is 5.30. The second kappa shape index (κ2) is 4.79. The van der Waals surface area contributed by atoms with Crippen LogP contribution in [0.4, 0.5) is 0 Å². The van der Waals surface area contributed by atoms with Crippen molar-refractivity contribution in [3.8, 4) is 0 Å². The van der Waals surface area contributed by atoms with Crippen LogP contribution < -0.4 is 16.1 Å². The van der Waals surface area contributed by atoms with E-state index in [2.05, 4.69) is 0 Å². The van der Waals surface area contributed by atoms with Crippen LogP contribution >= 0.6 is 11.3 Å². The number of aromatic nitrogens is 1. The number of hydrogen-bond donors (Lipinski definition) is 2. The van der Waals surface area contributed by atoms with E-state index in [-0.39, 0.29) is 10.6 Å². The van der Waals surface area contributed by atoms with Crippen LogP contribution in [0.25, 0.3) is 0 Å². The van der Waals surface area contributed by atoms with Crippen LogP contribution in [0.2, 0.25) is 0 Å². The van der Waals surface area contributed by atoms with Gasteiger partial charge >= 0.3 is 10.8 Å². The number of nitrogen functional groups attached to an aromatic ring is 1. The minimum Gasteiger partial charge on any atom is -0.454 e. The fraction of sp³-hybridized carbons (Fsp3) is 0.273. The van der Waals surface area contributed by atoms with E-state index >= 15 is 0 Å². The van der Waals surface area contributed by atoms with Crippen molar-refractivity contribution in [2.45, 2.75) is 20.4 Å². The van der Waals surface area contributed by atoms with E-state index in [1.165, 1.54) is 0 Å². The first kappa shape index (κ1) is 12.6. The highest BCUT2D eigenvalue weighted by molar-refractivity contribution is 7.07. The first-order valence-corrected chi connectivity index (χ1v) is 6.16. The first-order valence-electron chi connectivity index (χ1n) is 5.28. The van der Waals surface area contributed by atoms with Crippen LogP contribution in [-0.4, -0.2) is 10.5 Å². The Balaban J connectivity index is 2.31. The fourth-order valence-corrected chi connectivity index (χ4v) is 2.40. The predicted molar refractivity (Wildman–Crippen MR) is 67.5 cm³/mol. The Morgan fingerprint density at radius 3 is 2.83 bits per heavy atom. The number of hydrogen-bond acceptors (Lipinski definition) is 5. The van der Waals surface area contributed by atoms with E-state index < -0.39 is 5.91 Å². The number of carbonyl (C=O) groups excluding carboxylic acids is 1. The topological polar surface area (TPSA) is 90.3 Å². The third kappa shape index (κ3) is 2.22. The molecule has 0 atom stereocenters. The van der Waals surface area contributed by atoms with Gasteiger partial charge in [-0.1, -0.05) is 11.3 Å². The second-order valence-corrected chi connectivity index (χ2v) is 4.75. The molecule has 0 saturated carbocycles. The van der Waals surface area contributed by atoms with E-state index in [4.69, 9.17) is 10.3 Å². The summed E-state index contributed by atoms with van der Waals surface area (Å²) in [7, 11) is 0. The lowest BCUT2D eigenvalue weighted by Gasteiger charge is -2.00. The van der Waals surface area contributed by atoms with Gasteiger partial charge in [0.05, 0.1) is 6.54 Å². The Morgan fingerprint density at radius 2 is 2.28 bits per heavy atom. The zero-order valence-electron chi connectivity index (χ0n) is 10.0. The molecule has 0 radical (unpaired) electrons. The lowest BCUT2D eigenvalue weighted by molar-refractivity contribution is 0.0923. The van der Waals surface area contributed by atoms with Gasteiger partial charge in [-0.15, -0.1) is 0 Å². The van der Waals surface area contributed by atoms with Crippen molar-refractivity contribution >= 4 is 17.2 Å². The summed E-state index contributed by atoms with van der Waals surface area (Å²) >= 11 is 1.14. The summed E-state index contributed by atoms with van der Waals surface area (Å²) in [5.41, 5.74) is 3.57. The van der Waals surface area contributed by atoms with E-state index in [0.717, 1.165) is 17.0 Å². The molecule has 96 valence electrons. The first-order chi connectivity index (χ1) is 8.52. The minimum atomic E-state index is -0.479. The Kier molecular flexibility index (Phi) is 3.35. The molecule has 0 spiro atoms. The van der Waals surface area contributed by atoms with Gasteiger partial charge in [0.15, 0.2) is 5.76 Å². The van der Waals surface area contributed by atoms with Crippen molar-refractivity contribution < 1.29 is 9.21 Å². The van der Waals surface area contributed by atoms with Crippen molar-refractivity contribution in [3.63, 3.8) is 0 Å². The van der Waals surface area contributed by atoms with Crippen LogP contribution in [0, 0.1) is 13.8 Å². The molecule has 2 heterocycles. The maximum absolute atomic E-state index is 11.6. The Labute approximate surface area is 107 Å². The number of nitrogens with two attached hydrogens (primary N) is 1. The van der Waals surface area contributed by atoms with Crippen LogP contribution in [-0.2, 0) is 6.54 Å². The molecule has 2 aromatic heterocycles. The van der Waals surface area contributed by atoms with Gasteiger partial charge in [-0.25, -0.2) is 5.84 Å². The van der Waals surface area contributed by atoms with Gasteiger partial charge in [-0.05, 0) is 19.9 Å². The largest absolute Gasteiger partial charge is 0.454 e. The summed E-state index contributed by atoms with van der Waals surface area (Å²) in [6, 6.07) is 1.73. The Morgan fingerprint density at radius 1 is 1.56 bits per heavy atom. The number of amides is 1. The van der Waals surface area contributed by atoms with E-state index in [9.17, 15) is 9.59 Å². The molecule has 0 aliphatic rings. The number of carbonyl (C=O) groups is 1. The van der Waals surface area contributed by atoms with Crippen molar-refractivity contribution in [1.29, 1.82) is 0 Å². The molecule has 0 bridgehead atoms. The highest BCUT2D eigenvalue weighted by Crippen LogP contribution is 2.16. The predicted octanol–water partition coefficient (Wildman–Crippen LogP) is 0.771. The van der Waals surface area contributed by atoms with Gasteiger partial charge in [-0.3, -0.25) is 19.6 Å². The minimum absolute atomic E-state index is 0.0496. The highest BCUT2D eigenvalue weighted by Gasteiger charge is 2.15. The molecule has 1 amide bonds.